The van der Waals surface area contributed by atoms with E-state index in [1.165, 1.54) is 12.8 Å². The summed E-state index contributed by atoms with van der Waals surface area (Å²) in [7, 11) is 1.75. The first kappa shape index (κ1) is 15.4. The van der Waals surface area contributed by atoms with Gasteiger partial charge in [-0.3, -0.25) is 4.98 Å². The van der Waals surface area contributed by atoms with Gasteiger partial charge in [-0.2, -0.15) is 0 Å². The second-order valence-corrected chi connectivity index (χ2v) is 3.55. The Morgan fingerprint density at radius 1 is 1.25 bits per heavy atom. The average Bonchev–Trinajstić information content (AvgIpc) is 2.29. The Kier molecular flexibility index (Phi) is 10.4. The van der Waals surface area contributed by atoms with Gasteiger partial charge >= 0.3 is 0 Å². The third-order valence-electron chi connectivity index (χ3n) is 2.23. The largest absolute Gasteiger partial charge is 0.385 e. The fraction of sp³-hybridized carbons (Fsp3) is 0.583. The van der Waals surface area contributed by atoms with Crippen molar-refractivity contribution in [1.82, 2.24) is 10.3 Å². The molecule has 0 spiro atoms. The summed E-state index contributed by atoms with van der Waals surface area (Å²) in [5.74, 6) is 0. The number of methoxy groups -OCH3 is 1. The molecule has 16 heavy (non-hydrogen) atoms. The molecule has 4 heteroatoms. The maximum Gasteiger partial charge on any atom is 0.0541 e. The van der Waals surface area contributed by atoms with Crippen LogP contribution in [-0.2, 0) is 11.3 Å². The summed E-state index contributed by atoms with van der Waals surface area (Å²) in [6.45, 7) is 2.80. The number of pyridine rings is 1. The van der Waals surface area contributed by atoms with E-state index in [2.05, 4.69) is 10.3 Å². The van der Waals surface area contributed by atoms with Crippen LogP contribution in [0.5, 0.6) is 0 Å². The Hall–Kier alpha value is -0.640. The van der Waals surface area contributed by atoms with Gasteiger partial charge < -0.3 is 10.1 Å². The molecule has 0 saturated heterocycles. The fourth-order valence-electron chi connectivity index (χ4n) is 1.39. The van der Waals surface area contributed by atoms with E-state index >= 15 is 0 Å². The molecule has 0 radical (unpaired) electrons. The molecule has 0 unspecified atom stereocenters. The Bertz CT molecular complexity index is 244. The number of nitrogens with zero attached hydrogens (tertiary/aromatic N) is 1. The number of halogens is 1. The second-order valence-electron chi connectivity index (χ2n) is 3.55. The molecule has 0 bridgehead atoms. The number of ether oxygens (including phenoxy) is 1. The van der Waals surface area contributed by atoms with Crippen molar-refractivity contribution in [2.24, 2.45) is 0 Å². The first-order valence-corrected chi connectivity index (χ1v) is 5.53. The van der Waals surface area contributed by atoms with Gasteiger partial charge in [0.1, 0.15) is 0 Å². The van der Waals surface area contributed by atoms with Crippen LogP contribution in [0.4, 0.5) is 0 Å². The maximum atomic E-state index is 4.99. The van der Waals surface area contributed by atoms with E-state index in [1.807, 2.05) is 24.4 Å². The lowest BCUT2D eigenvalue weighted by Gasteiger charge is -2.03. The zero-order valence-corrected chi connectivity index (χ0v) is 10.6. The number of hydrogen-bond acceptors (Lipinski definition) is 3. The van der Waals surface area contributed by atoms with Crippen LogP contribution < -0.4 is 5.32 Å². The highest BCUT2D eigenvalue weighted by molar-refractivity contribution is 5.85. The average molecular weight is 245 g/mol. The molecule has 3 nitrogen and oxygen atoms in total. The standard InChI is InChI=1S/C12H20N2O.ClH/c1-15-10-6-2-4-8-13-11-12-7-3-5-9-14-12;/h3,5,7,9,13H,2,4,6,8,10-11H2,1H3;1H. The van der Waals surface area contributed by atoms with Gasteiger partial charge in [-0.25, -0.2) is 0 Å². The third kappa shape index (κ3) is 7.63. The predicted molar refractivity (Wildman–Crippen MR) is 68.9 cm³/mol. The van der Waals surface area contributed by atoms with E-state index in [0.717, 1.165) is 31.8 Å². The summed E-state index contributed by atoms with van der Waals surface area (Å²) in [6.07, 6.45) is 5.41. The SMILES string of the molecule is COCCCCCNCc1ccccn1.Cl. The Morgan fingerprint density at radius 3 is 2.81 bits per heavy atom. The minimum Gasteiger partial charge on any atom is -0.385 e. The predicted octanol–water partition coefficient (Wildman–Crippen LogP) is 2.41. The van der Waals surface area contributed by atoms with Gasteiger partial charge in [0, 0.05) is 26.5 Å². The first-order valence-electron chi connectivity index (χ1n) is 5.53. The number of hydrogen-bond donors (Lipinski definition) is 1. The number of nitrogens with one attached hydrogen (secondary N) is 1. The van der Waals surface area contributed by atoms with E-state index in [1.54, 1.807) is 7.11 Å². The zero-order valence-electron chi connectivity index (χ0n) is 9.82. The molecule has 0 atom stereocenters. The van der Waals surface area contributed by atoms with Crippen LogP contribution in [-0.4, -0.2) is 25.2 Å². The van der Waals surface area contributed by atoms with Gasteiger partial charge in [0.25, 0.3) is 0 Å². The summed E-state index contributed by atoms with van der Waals surface area (Å²) in [5.41, 5.74) is 1.11. The van der Waals surface area contributed by atoms with E-state index in [0.29, 0.717) is 0 Å². The summed E-state index contributed by atoms with van der Waals surface area (Å²) >= 11 is 0. The van der Waals surface area contributed by atoms with Crippen molar-refractivity contribution >= 4 is 12.4 Å². The molecule has 1 heterocycles. The van der Waals surface area contributed by atoms with Crippen molar-refractivity contribution < 1.29 is 4.74 Å². The highest BCUT2D eigenvalue weighted by Crippen LogP contribution is 1.95. The Balaban J connectivity index is 0.00000225. The lowest BCUT2D eigenvalue weighted by molar-refractivity contribution is 0.192. The number of unbranched alkanes of at least 4 members (excludes halogenated alkanes) is 2. The summed E-state index contributed by atoms with van der Waals surface area (Å²) in [4.78, 5) is 4.24. The van der Waals surface area contributed by atoms with Crippen molar-refractivity contribution in [1.29, 1.82) is 0 Å². The van der Waals surface area contributed by atoms with Crippen molar-refractivity contribution in [2.75, 3.05) is 20.3 Å². The van der Waals surface area contributed by atoms with Gasteiger partial charge in [-0.1, -0.05) is 6.07 Å². The van der Waals surface area contributed by atoms with E-state index in [-0.39, 0.29) is 12.4 Å². The molecule has 1 aromatic heterocycles. The quantitative estimate of drug-likeness (QED) is 0.714. The minimum absolute atomic E-state index is 0. The van der Waals surface area contributed by atoms with Crippen molar-refractivity contribution in [2.45, 2.75) is 25.8 Å². The van der Waals surface area contributed by atoms with E-state index in [4.69, 9.17) is 4.74 Å². The number of rotatable bonds is 8. The first-order chi connectivity index (χ1) is 7.43. The van der Waals surface area contributed by atoms with Gasteiger partial charge in [-0.05, 0) is 37.9 Å². The van der Waals surface area contributed by atoms with Gasteiger partial charge in [0.05, 0.1) is 5.69 Å². The summed E-state index contributed by atoms with van der Waals surface area (Å²) in [5, 5.41) is 3.38. The number of aromatic nitrogens is 1. The van der Waals surface area contributed by atoms with E-state index < -0.39 is 0 Å². The highest BCUT2D eigenvalue weighted by atomic mass is 35.5. The van der Waals surface area contributed by atoms with E-state index in [9.17, 15) is 0 Å². The van der Waals surface area contributed by atoms with Crippen molar-refractivity contribution in [3.05, 3.63) is 30.1 Å². The molecule has 0 aliphatic rings. The molecule has 0 amide bonds. The summed E-state index contributed by atoms with van der Waals surface area (Å²) < 4.78 is 4.99. The second kappa shape index (κ2) is 10.9. The Morgan fingerprint density at radius 2 is 2.12 bits per heavy atom. The van der Waals surface area contributed by atoms with Crippen LogP contribution in [0.25, 0.3) is 0 Å². The van der Waals surface area contributed by atoms with Crippen LogP contribution in [0.3, 0.4) is 0 Å². The van der Waals surface area contributed by atoms with Crippen molar-refractivity contribution in [3.8, 4) is 0 Å². The molecular formula is C12H21ClN2O. The molecule has 0 aliphatic carbocycles. The van der Waals surface area contributed by atoms with Crippen LogP contribution in [0.1, 0.15) is 25.0 Å². The smallest absolute Gasteiger partial charge is 0.0541 e. The zero-order chi connectivity index (χ0) is 10.8. The summed E-state index contributed by atoms with van der Waals surface area (Å²) in [6, 6.07) is 5.99. The topological polar surface area (TPSA) is 34.1 Å². The molecule has 0 aromatic carbocycles. The van der Waals surface area contributed by atoms with Crippen LogP contribution >= 0.6 is 12.4 Å². The maximum absolute atomic E-state index is 4.99. The minimum atomic E-state index is 0. The Labute approximate surface area is 104 Å². The van der Waals surface area contributed by atoms with Gasteiger partial charge in [0.15, 0.2) is 0 Å². The molecule has 92 valence electrons. The molecule has 0 aliphatic heterocycles. The molecule has 1 rings (SSSR count). The molecule has 1 N–H and O–H groups in total. The normalized spacial score (nSPS) is 9.81. The lowest BCUT2D eigenvalue weighted by atomic mass is 10.2. The third-order valence-corrected chi connectivity index (χ3v) is 2.23. The molecular weight excluding hydrogens is 224 g/mol. The van der Waals surface area contributed by atoms with Crippen LogP contribution in [0.2, 0.25) is 0 Å². The monoisotopic (exact) mass is 244 g/mol. The van der Waals surface area contributed by atoms with Crippen LogP contribution in [0, 0.1) is 0 Å². The van der Waals surface area contributed by atoms with Crippen LogP contribution in [0.15, 0.2) is 24.4 Å². The van der Waals surface area contributed by atoms with Gasteiger partial charge in [-0.15, -0.1) is 12.4 Å². The molecule has 1 aromatic rings. The highest BCUT2D eigenvalue weighted by Gasteiger charge is 1.92. The van der Waals surface area contributed by atoms with Crippen molar-refractivity contribution in [3.63, 3.8) is 0 Å². The molecule has 0 saturated carbocycles. The molecule has 0 fully saturated rings. The lowest BCUT2D eigenvalue weighted by Crippen LogP contribution is -2.15. The fourth-order valence-corrected chi connectivity index (χ4v) is 1.39. The van der Waals surface area contributed by atoms with Gasteiger partial charge in [0.2, 0.25) is 0 Å².